The zero-order valence-electron chi connectivity index (χ0n) is 9.82. The third-order valence-corrected chi connectivity index (χ3v) is 2.87. The Kier molecular flexibility index (Phi) is 6.33. The zero-order chi connectivity index (χ0) is 11.8. The Morgan fingerprint density at radius 2 is 2.00 bits per heavy atom. The number of ether oxygens (including phenoxy) is 1. The first-order valence-corrected chi connectivity index (χ1v) is 6.63. The van der Waals surface area contributed by atoms with Crippen LogP contribution in [0.2, 0.25) is 0 Å². The normalized spacial score (nSPS) is 10.4. The lowest BCUT2D eigenvalue weighted by Crippen LogP contribution is -2.28. The van der Waals surface area contributed by atoms with Crippen LogP contribution in [0.15, 0.2) is 12.4 Å². The van der Waals surface area contributed by atoms with E-state index in [4.69, 9.17) is 4.74 Å². The average Bonchev–Trinajstić information content (AvgIpc) is 2.35. The lowest BCUT2D eigenvalue weighted by Gasteiger charge is -2.20. The van der Waals surface area contributed by atoms with Gasteiger partial charge in [0.15, 0.2) is 0 Å². The van der Waals surface area contributed by atoms with Crippen LogP contribution in [0, 0.1) is 0 Å². The molecule has 0 aliphatic rings. The summed E-state index contributed by atoms with van der Waals surface area (Å²) in [6, 6.07) is 0. The first-order chi connectivity index (χ1) is 7.81. The number of alkyl halides is 1. The van der Waals surface area contributed by atoms with Crippen LogP contribution in [0.5, 0.6) is 0 Å². The lowest BCUT2D eigenvalue weighted by atomic mass is 10.4. The number of aromatic nitrogens is 2. The molecule has 0 amide bonds. The summed E-state index contributed by atoms with van der Waals surface area (Å²) in [5.41, 5.74) is 1.09. The maximum absolute atomic E-state index is 5.33. The van der Waals surface area contributed by atoms with Gasteiger partial charge in [-0.1, -0.05) is 15.9 Å². The number of rotatable bonds is 7. The minimum Gasteiger partial charge on any atom is -0.380 e. The van der Waals surface area contributed by atoms with Crippen molar-refractivity contribution >= 4 is 21.9 Å². The third-order valence-electron chi connectivity index (χ3n) is 2.22. The van der Waals surface area contributed by atoms with Crippen molar-refractivity contribution in [3.63, 3.8) is 0 Å². The van der Waals surface area contributed by atoms with Crippen LogP contribution in [0.3, 0.4) is 0 Å². The molecule has 0 bridgehead atoms. The topological polar surface area (TPSA) is 38.2 Å². The maximum Gasteiger partial charge on any atom is 0.225 e. The molecule has 0 radical (unpaired) electrons. The van der Waals surface area contributed by atoms with Gasteiger partial charge in [0.25, 0.3) is 0 Å². The van der Waals surface area contributed by atoms with Crippen LogP contribution >= 0.6 is 15.9 Å². The average molecular weight is 288 g/mol. The van der Waals surface area contributed by atoms with Gasteiger partial charge in [-0.25, -0.2) is 9.97 Å². The summed E-state index contributed by atoms with van der Waals surface area (Å²) in [4.78, 5) is 10.8. The fraction of sp³-hybridized carbons (Fsp3) is 0.636. The molecule has 0 unspecified atom stereocenters. The van der Waals surface area contributed by atoms with Crippen molar-refractivity contribution in [2.75, 3.05) is 31.2 Å². The molecule has 1 rings (SSSR count). The van der Waals surface area contributed by atoms with Crippen LogP contribution in [0.4, 0.5) is 5.95 Å². The van der Waals surface area contributed by atoms with Gasteiger partial charge in [0, 0.05) is 37.4 Å². The van der Waals surface area contributed by atoms with Crippen LogP contribution < -0.4 is 4.90 Å². The molecule has 0 spiro atoms. The van der Waals surface area contributed by atoms with E-state index < -0.39 is 0 Å². The SMILES string of the molecule is CCOCCN(CC)c1ncc(CBr)cn1. The number of likely N-dealkylation sites (N-methyl/N-ethyl adjacent to an activating group) is 1. The van der Waals surface area contributed by atoms with E-state index >= 15 is 0 Å². The number of nitrogens with zero attached hydrogens (tertiary/aromatic N) is 3. The monoisotopic (exact) mass is 287 g/mol. The van der Waals surface area contributed by atoms with Gasteiger partial charge in [0.2, 0.25) is 5.95 Å². The fourth-order valence-corrected chi connectivity index (χ4v) is 1.59. The van der Waals surface area contributed by atoms with Crippen molar-refractivity contribution in [3.05, 3.63) is 18.0 Å². The van der Waals surface area contributed by atoms with Crippen molar-refractivity contribution in [1.82, 2.24) is 9.97 Å². The van der Waals surface area contributed by atoms with E-state index in [9.17, 15) is 0 Å². The molecular formula is C11H18BrN3O. The highest BCUT2D eigenvalue weighted by Crippen LogP contribution is 2.08. The molecule has 0 fully saturated rings. The molecule has 4 nitrogen and oxygen atoms in total. The molecule has 0 aliphatic carbocycles. The smallest absolute Gasteiger partial charge is 0.225 e. The van der Waals surface area contributed by atoms with Crippen molar-refractivity contribution in [2.45, 2.75) is 19.2 Å². The summed E-state index contributed by atoms with van der Waals surface area (Å²) >= 11 is 3.37. The van der Waals surface area contributed by atoms with Gasteiger partial charge in [-0.15, -0.1) is 0 Å². The predicted molar refractivity (Wildman–Crippen MR) is 69.0 cm³/mol. The highest BCUT2D eigenvalue weighted by atomic mass is 79.9. The third kappa shape index (κ3) is 4.06. The summed E-state index contributed by atoms with van der Waals surface area (Å²) in [6.07, 6.45) is 3.70. The van der Waals surface area contributed by atoms with Crippen LogP contribution in [-0.2, 0) is 10.1 Å². The summed E-state index contributed by atoms with van der Waals surface area (Å²) in [5, 5.41) is 0.790. The highest BCUT2D eigenvalue weighted by Gasteiger charge is 2.06. The Balaban J connectivity index is 2.56. The second-order valence-corrected chi connectivity index (χ2v) is 3.86. The van der Waals surface area contributed by atoms with Gasteiger partial charge in [-0.2, -0.15) is 0 Å². The Morgan fingerprint density at radius 3 is 2.50 bits per heavy atom. The van der Waals surface area contributed by atoms with Crippen molar-refractivity contribution < 1.29 is 4.74 Å². The fourth-order valence-electron chi connectivity index (χ4n) is 1.30. The maximum atomic E-state index is 5.33. The van der Waals surface area contributed by atoms with Gasteiger partial charge in [0.05, 0.1) is 6.61 Å². The second kappa shape index (κ2) is 7.57. The first kappa shape index (κ1) is 13.4. The van der Waals surface area contributed by atoms with E-state index in [0.29, 0.717) is 6.61 Å². The summed E-state index contributed by atoms with van der Waals surface area (Å²) in [5.74, 6) is 0.770. The number of anilines is 1. The molecule has 90 valence electrons. The van der Waals surface area contributed by atoms with Crippen LogP contribution in [-0.4, -0.2) is 36.3 Å². The van der Waals surface area contributed by atoms with Crippen molar-refractivity contribution in [3.8, 4) is 0 Å². The van der Waals surface area contributed by atoms with E-state index in [1.165, 1.54) is 0 Å². The number of hydrogen-bond donors (Lipinski definition) is 0. The molecule has 0 atom stereocenters. The summed E-state index contributed by atoms with van der Waals surface area (Å²) < 4.78 is 5.33. The largest absolute Gasteiger partial charge is 0.380 e. The Bertz CT molecular complexity index is 292. The molecule has 1 heterocycles. The van der Waals surface area contributed by atoms with E-state index in [-0.39, 0.29) is 0 Å². The first-order valence-electron chi connectivity index (χ1n) is 5.51. The van der Waals surface area contributed by atoms with Gasteiger partial charge in [-0.05, 0) is 19.4 Å². The summed E-state index contributed by atoms with van der Waals surface area (Å²) in [7, 11) is 0. The number of halogens is 1. The van der Waals surface area contributed by atoms with Gasteiger partial charge >= 0.3 is 0 Å². The predicted octanol–water partition coefficient (Wildman–Crippen LogP) is 2.23. The van der Waals surface area contributed by atoms with Crippen LogP contribution in [0.25, 0.3) is 0 Å². The van der Waals surface area contributed by atoms with E-state index in [1.807, 2.05) is 19.3 Å². The van der Waals surface area contributed by atoms with E-state index in [0.717, 1.165) is 36.5 Å². The van der Waals surface area contributed by atoms with E-state index in [2.05, 4.69) is 37.7 Å². The van der Waals surface area contributed by atoms with Crippen molar-refractivity contribution in [1.29, 1.82) is 0 Å². The number of hydrogen-bond acceptors (Lipinski definition) is 4. The molecular weight excluding hydrogens is 270 g/mol. The molecule has 1 aromatic heterocycles. The Labute approximate surface area is 105 Å². The van der Waals surface area contributed by atoms with Gasteiger partial charge < -0.3 is 9.64 Å². The van der Waals surface area contributed by atoms with Crippen LogP contribution in [0.1, 0.15) is 19.4 Å². The zero-order valence-corrected chi connectivity index (χ0v) is 11.4. The molecule has 5 heteroatoms. The quantitative estimate of drug-likeness (QED) is 0.569. The molecule has 1 aromatic rings. The highest BCUT2D eigenvalue weighted by molar-refractivity contribution is 9.08. The molecule has 0 aromatic carbocycles. The molecule has 0 N–H and O–H groups in total. The minimum atomic E-state index is 0.716. The van der Waals surface area contributed by atoms with Crippen molar-refractivity contribution in [2.24, 2.45) is 0 Å². The lowest BCUT2D eigenvalue weighted by molar-refractivity contribution is 0.153. The second-order valence-electron chi connectivity index (χ2n) is 3.30. The van der Waals surface area contributed by atoms with E-state index in [1.54, 1.807) is 0 Å². The molecule has 0 saturated carbocycles. The van der Waals surface area contributed by atoms with Gasteiger partial charge in [0.1, 0.15) is 0 Å². The minimum absolute atomic E-state index is 0.716. The molecule has 16 heavy (non-hydrogen) atoms. The van der Waals surface area contributed by atoms with Gasteiger partial charge in [-0.3, -0.25) is 0 Å². The standard InChI is InChI=1S/C11H18BrN3O/c1-3-15(5-6-16-4-2)11-13-8-10(7-12)9-14-11/h8-9H,3-7H2,1-2H3. The molecule has 0 aliphatic heterocycles. The summed E-state index contributed by atoms with van der Waals surface area (Å²) in [6.45, 7) is 7.28. The molecule has 0 saturated heterocycles. The Hall–Kier alpha value is -0.680. The Morgan fingerprint density at radius 1 is 1.31 bits per heavy atom.